The molecular weight excluding hydrogens is 332 g/mol. The third-order valence-corrected chi connectivity index (χ3v) is 5.84. The first-order valence-electron chi connectivity index (χ1n) is 9.73. The molecule has 0 bridgehead atoms. The number of hydrogen-bond donors (Lipinski definition) is 1. The van der Waals surface area contributed by atoms with E-state index in [0.29, 0.717) is 44.4 Å². The maximum absolute atomic E-state index is 12.6. The van der Waals surface area contributed by atoms with E-state index in [-0.39, 0.29) is 23.3 Å². The first-order valence-corrected chi connectivity index (χ1v) is 9.73. The van der Waals surface area contributed by atoms with Gasteiger partial charge in [0.1, 0.15) is 0 Å². The average molecular weight is 358 g/mol. The second-order valence-electron chi connectivity index (χ2n) is 7.86. The van der Waals surface area contributed by atoms with Gasteiger partial charge in [0.2, 0.25) is 11.8 Å². The average Bonchev–Trinajstić information content (AvgIpc) is 3.49. The van der Waals surface area contributed by atoms with Crippen molar-refractivity contribution in [1.29, 1.82) is 0 Å². The number of nitrogens with zero attached hydrogens (tertiary/aromatic N) is 3. The van der Waals surface area contributed by atoms with Crippen LogP contribution in [0.5, 0.6) is 0 Å². The number of aromatic nitrogens is 2. The Kier molecular flexibility index (Phi) is 4.78. The fraction of sp³-hybridized carbons (Fsp3) is 0.684. The maximum Gasteiger partial charge on any atom is 0.266 e. The standard InChI is InChI=1S/C19H26N4O3/c24-17-11-15(5-8-20-17)19(26)22-9-6-13(7-10-22)12-23-18(25)4-3-16(21-23)14-1-2-14/h3-4,13-15H,1-2,5-12H2,(H,20,24). The Morgan fingerprint density at radius 2 is 1.88 bits per heavy atom. The second kappa shape index (κ2) is 7.21. The minimum Gasteiger partial charge on any atom is -0.356 e. The summed E-state index contributed by atoms with van der Waals surface area (Å²) in [7, 11) is 0. The maximum atomic E-state index is 12.6. The number of amides is 2. The van der Waals surface area contributed by atoms with E-state index in [1.165, 1.54) is 12.8 Å². The van der Waals surface area contributed by atoms with Crippen molar-refractivity contribution < 1.29 is 9.59 Å². The van der Waals surface area contributed by atoms with Crippen LogP contribution in [0.4, 0.5) is 0 Å². The summed E-state index contributed by atoms with van der Waals surface area (Å²) in [5.74, 6) is 0.831. The zero-order valence-corrected chi connectivity index (χ0v) is 15.0. The van der Waals surface area contributed by atoms with Crippen LogP contribution in [0.3, 0.4) is 0 Å². The Labute approximate surface area is 152 Å². The summed E-state index contributed by atoms with van der Waals surface area (Å²) < 4.78 is 1.61. The SMILES string of the molecule is O=C1CC(C(=O)N2CCC(Cn3nc(C4CC4)ccc3=O)CC2)CCN1. The van der Waals surface area contributed by atoms with Gasteiger partial charge in [-0.15, -0.1) is 0 Å². The van der Waals surface area contributed by atoms with E-state index < -0.39 is 0 Å². The topological polar surface area (TPSA) is 84.3 Å². The number of carbonyl (C=O) groups is 2. The van der Waals surface area contributed by atoms with Crippen LogP contribution in [-0.4, -0.2) is 46.1 Å². The molecule has 2 aliphatic heterocycles. The number of hydrogen-bond acceptors (Lipinski definition) is 4. The number of piperidine rings is 2. The van der Waals surface area contributed by atoms with E-state index in [1.807, 2.05) is 11.0 Å². The van der Waals surface area contributed by atoms with E-state index in [9.17, 15) is 14.4 Å². The Morgan fingerprint density at radius 3 is 2.58 bits per heavy atom. The molecule has 0 radical (unpaired) electrons. The lowest BCUT2D eigenvalue weighted by atomic mass is 9.92. The van der Waals surface area contributed by atoms with Crippen LogP contribution in [0, 0.1) is 11.8 Å². The number of likely N-dealkylation sites (tertiary alicyclic amines) is 1. The quantitative estimate of drug-likeness (QED) is 0.866. The highest BCUT2D eigenvalue weighted by Gasteiger charge is 2.32. The van der Waals surface area contributed by atoms with Gasteiger partial charge in [0, 0.05) is 50.5 Å². The van der Waals surface area contributed by atoms with Gasteiger partial charge in [0.05, 0.1) is 5.69 Å². The molecule has 2 amide bonds. The zero-order valence-electron chi connectivity index (χ0n) is 15.0. The summed E-state index contributed by atoms with van der Waals surface area (Å²) in [6.07, 6.45) is 5.15. The van der Waals surface area contributed by atoms with Gasteiger partial charge in [-0.2, -0.15) is 5.10 Å². The summed E-state index contributed by atoms with van der Waals surface area (Å²) in [5, 5.41) is 7.32. The summed E-state index contributed by atoms with van der Waals surface area (Å²) in [5.41, 5.74) is 0.994. The number of carbonyl (C=O) groups excluding carboxylic acids is 2. The predicted molar refractivity (Wildman–Crippen MR) is 95.5 cm³/mol. The highest BCUT2D eigenvalue weighted by atomic mass is 16.2. The fourth-order valence-electron chi connectivity index (χ4n) is 4.03. The minimum absolute atomic E-state index is 0.0227. The van der Waals surface area contributed by atoms with Gasteiger partial charge < -0.3 is 10.2 Å². The van der Waals surface area contributed by atoms with Crippen LogP contribution in [-0.2, 0) is 16.1 Å². The van der Waals surface area contributed by atoms with Crippen LogP contribution in [0.1, 0.15) is 50.1 Å². The van der Waals surface area contributed by atoms with Crippen LogP contribution in [0.15, 0.2) is 16.9 Å². The molecule has 1 unspecified atom stereocenters. The van der Waals surface area contributed by atoms with Crippen molar-refractivity contribution in [2.24, 2.45) is 11.8 Å². The van der Waals surface area contributed by atoms with E-state index in [2.05, 4.69) is 10.4 Å². The molecule has 1 aromatic heterocycles. The Bertz CT molecular complexity index is 747. The van der Waals surface area contributed by atoms with Gasteiger partial charge in [0.25, 0.3) is 5.56 Å². The summed E-state index contributed by atoms with van der Waals surface area (Å²) in [6.45, 7) is 2.64. The first kappa shape index (κ1) is 17.2. The molecular formula is C19H26N4O3. The third-order valence-electron chi connectivity index (χ3n) is 5.84. The van der Waals surface area contributed by atoms with E-state index in [4.69, 9.17) is 0 Å². The van der Waals surface area contributed by atoms with E-state index >= 15 is 0 Å². The van der Waals surface area contributed by atoms with Crippen molar-refractivity contribution in [3.63, 3.8) is 0 Å². The Balaban J connectivity index is 1.32. The molecule has 3 fully saturated rings. The Morgan fingerprint density at radius 1 is 1.12 bits per heavy atom. The van der Waals surface area contributed by atoms with E-state index in [1.54, 1.807) is 10.7 Å². The fourth-order valence-corrected chi connectivity index (χ4v) is 4.03. The Hall–Kier alpha value is -2.18. The largest absolute Gasteiger partial charge is 0.356 e. The summed E-state index contributed by atoms with van der Waals surface area (Å²) in [6, 6.07) is 3.49. The van der Waals surface area contributed by atoms with Gasteiger partial charge in [0.15, 0.2) is 0 Å². The molecule has 1 aliphatic carbocycles. The molecule has 0 aromatic carbocycles. The molecule has 3 heterocycles. The van der Waals surface area contributed by atoms with Gasteiger partial charge in [-0.05, 0) is 44.1 Å². The highest BCUT2D eigenvalue weighted by Crippen LogP contribution is 2.38. The van der Waals surface area contributed by atoms with Crippen LogP contribution in [0.2, 0.25) is 0 Å². The van der Waals surface area contributed by atoms with Crippen molar-refractivity contribution in [3.8, 4) is 0 Å². The lowest BCUT2D eigenvalue weighted by Crippen LogP contribution is -2.46. The molecule has 0 spiro atoms. The number of rotatable bonds is 4. The van der Waals surface area contributed by atoms with Gasteiger partial charge in [-0.3, -0.25) is 14.4 Å². The summed E-state index contributed by atoms with van der Waals surface area (Å²) in [4.78, 5) is 38.1. The lowest BCUT2D eigenvalue weighted by molar-refractivity contribution is -0.141. The first-order chi connectivity index (χ1) is 12.6. The smallest absolute Gasteiger partial charge is 0.266 e. The molecule has 1 aromatic rings. The predicted octanol–water partition coefficient (Wildman–Crippen LogP) is 0.885. The minimum atomic E-state index is -0.167. The molecule has 7 nitrogen and oxygen atoms in total. The zero-order chi connectivity index (χ0) is 18.1. The second-order valence-corrected chi connectivity index (χ2v) is 7.86. The van der Waals surface area contributed by atoms with Gasteiger partial charge in [-0.25, -0.2) is 4.68 Å². The van der Waals surface area contributed by atoms with Gasteiger partial charge >= 0.3 is 0 Å². The van der Waals surface area contributed by atoms with Crippen molar-refractivity contribution in [1.82, 2.24) is 20.0 Å². The van der Waals surface area contributed by atoms with Crippen molar-refractivity contribution in [3.05, 3.63) is 28.2 Å². The third kappa shape index (κ3) is 3.81. The van der Waals surface area contributed by atoms with Crippen molar-refractivity contribution in [2.45, 2.75) is 51.0 Å². The molecule has 26 heavy (non-hydrogen) atoms. The van der Waals surface area contributed by atoms with E-state index in [0.717, 1.165) is 25.0 Å². The number of nitrogens with one attached hydrogen (secondary N) is 1. The van der Waals surface area contributed by atoms with Crippen molar-refractivity contribution in [2.75, 3.05) is 19.6 Å². The molecule has 4 rings (SSSR count). The van der Waals surface area contributed by atoms with Gasteiger partial charge in [-0.1, -0.05) is 0 Å². The van der Waals surface area contributed by atoms with Crippen molar-refractivity contribution >= 4 is 11.8 Å². The molecule has 1 N–H and O–H groups in total. The molecule has 1 saturated carbocycles. The lowest BCUT2D eigenvalue weighted by Gasteiger charge is -2.35. The molecule has 2 saturated heterocycles. The monoisotopic (exact) mass is 358 g/mol. The molecule has 3 aliphatic rings. The van der Waals surface area contributed by atoms with Crippen LogP contribution < -0.4 is 10.9 Å². The molecule has 140 valence electrons. The van der Waals surface area contributed by atoms with Crippen LogP contribution >= 0.6 is 0 Å². The normalized spacial score (nSPS) is 24.4. The summed E-state index contributed by atoms with van der Waals surface area (Å²) >= 11 is 0. The van der Waals surface area contributed by atoms with Crippen LogP contribution in [0.25, 0.3) is 0 Å². The highest BCUT2D eigenvalue weighted by molar-refractivity contribution is 5.86. The molecule has 7 heteroatoms. The molecule has 1 atom stereocenters.